The van der Waals surface area contributed by atoms with E-state index in [4.69, 9.17) is 4.74 Å². The Morgan fingerprint density at radius 3 is 2.55 bits per heavy atom. The largest absolute Gasteiger partial charge is 0.493 e. The fraction of sp³-hybridized carbons (Fsp3) is 0.375. The summed E-state index contributed by atoms with van der Waals surface area (Å²) in [5, 5.41) is 3.16. The van der Waals surface area contributed by atoms with Crippen LogP contribution < -0.4 is 10.1 Å². The zero-order chi connectivity index (χ0) is 14.5. The lowest BCUT2D eigenvalue weighted by Crippen LogP contribution is -2.05. The van der Waals surface area contributed by atoms with Crippen molar-refractivity contribution in [2.24, 2.45) is 0 Å². The van der Waals surface area contributed by atoms with Crippen molar-refractivity contribution in [3.63, 3.8) is 0 Å². The smallest absolute Gasteiger partial charge is 0.165 e. The molecule has 1 N–H and O–H groups in total. The Balaban J connectivity index is 2.56. The molecular formula is C16H21N3O. The second kappa shape index (κ2) is 6.37. The van der Waals surface area contributed by atoms with E-state index in [-0.39, 0.29) is 0 Å². The molecule has 0 unspecified atom stereocenters. The third-order valence-corrected chi connectivity index (χ3v) is 3.23. The quantitative estimate of drug-likeness (QED) is 0.904. The van der Waals surface area contributed by atoms with Gasteiger partial charge >= 0.3 is 0 Å². The summed E-state index contributed by atoms with van der Waals surface area (Å²) in [7, 11) is 1.89. The lowest BCUT2D eigenvalue weighted by molar-refractivity contribution is 0.341. The van der Waals surface area contributed by atoms with Gasteiger partial charge in [-0.25, -0.2) is 9.97 Å². The Kier molecular flexibility index (Phi) is 4.56. The van der Waals surface area contributed by atoms with Gasteiger partial charge in [0.1, 0.15) is 11.6 Å². The minimum absolute atomic E-state index is 0.627. The fourth-order valence-corrected chi connectivity index (χ4v) is 2.28. The predicted octanol–water partition coefficient (Wildman–Crippen LogP) is 3.45. The number of anilines is 1. The lowest BCUT2D eigenvalue weighted by atomic mass is 10.1. The first-order chi connectivity index (χ1) is 9.71. The topological polar surface area (TPSA) is 47.0 Å². The number of aryl methyl sites for hydroxylation is 1. The first-order valence-corrected chi connectivity index (χ1v) is 6.98. The highest BCUT2D eigenvalue weighted by Gasteiger charge is 2.13. The standard InChI is InChI=1S/C16H21N3O/c1-5-12-11(3)18-16(19-15(12)17-4)13-9-7-8-10-14(13)20-6-2/h7-10H,5-6H2,1-4H3,(H,17,18,19). The van der Waals surface area contributed by atoms with Crippen LogP contribution in [0, 0.1) is 6.92 Å². The van der Waals surface area contributed by atoms with Crippen LogP contribution in [-0.4, -0.2) is 23.6 Å². The van der Waals surface area contributed by atoms with Crippen LogP contribution in [0.4, 0.5) is 5.82 Å². The molecule has 20 heavy (non-hydrogen) atoms. The van der Waals surface area contributed by atoms with Crippen molar-refractivity contribution in [1.82, 2.24) is 9.97 Å². The van der Waals surface area contributed by atoms with Crippen molar-refractivity contribution >= 4 is 5.82 Å². The molecule has 0 bridgehead atoms. The molecule has 1 heterocycles. The molecule has 0 spiro atoms. The van der Waals surface area contributed by atoms with Gasteiger partial charge in [0.15, 0.2) is 5.82 Å². The van der Waals surface area contributed by atoms with Crippen LogP contribution >= 0.6 is 0 Å². The summed E-state index contributed by atoms with van der Waals surface area (Å²) < 4.78 is 5.66. The van der Waals surface area contributed by atoms with Crippen molar-refractivity contribution in [3.05, 3.63) is 35.5 Å². The second-order valence-corrected chi connectivity index (χ2v) is 4.49. The summed E-state index contributed by atoms with van der Waals surface area (Å²) in [4.78, 5) is 9.27. The van der Waals surface area contributed by atoms with E-state index in [0.29, 0.717) is 12.4 Å². The summed E-state index contributed by atoms with van der Waals surface area (Å²) in [5.74, 6) is 2.41. The number of nitrogens with one attached hydrogen (secondary N) is 1. The number of hydrogen-bond acceptors (Lipinski definition) is 4. The van der Waals surface area contributed by atoms with Crippen LogP contribution in [0.15, 0.2) is 24.3 Å². The zero-order valence-corrected chi connectivity index (χ0v) is 12.5. The minimum Gasteiger partial charge on any atom is -0.493 e. The Labute approximate surface area is 120 Å². The molecule has 4 heteroatoms. The number of ether oxygens (including phenoxy) is 1. The molecule has 2 rings (SSSR count). The molecule has 2 aromatic rings. The van der Waals surface area contributed by atoms with Crippen LogP contribution in [0.3, 0.4) is 0 Å². The van der Waals surface area contributed by atoms with Crippen molar-refractivity contribution in [2.75, 3.05) is 19.0 Å². The fourth-order valence-electron chi connectivity index (χ4n) is 2.28. The summed E-state index contributed by atoms with van der Waals surface area (Å²) >= 11 is 0. The third kappa shape index (κ3) is 2.74. The second-order valence-electron chi connectivity index (χ2n) is 4.49. The number of aromatic nitrogens is 2. The Morgan fingerprint density at radius 1 is 1.15 bits per heavy atom. The molecular weight excluding hydrogens is 250 g/mol. The van der Waals surface area contributed by atoms with Gasteiger partial charge in [-0.3, -0.25) is 0 Å². The molecule has 0 saturated heterocycles. The first kappa shape index (κ1) is 14.3. The SMILES string of the molecule is CCOc1ccccc1-c1nc(C)c(CC)c(NC)n1. The number of nitrogens with zero attached hydrogens (tertiary/aromatic N) is 2. The summed E-state index contributed by atoms with van der Waals surface area (Å²) in [6.07, 6.45) is 0.912. The summed E-state index contributed by atoms with van der Waals surface area (Å²) in [5.41, 5.74) is 3.09. The van der Waals surface area contributed by atoms with Gasteiger partial charge in [-0.15, -0.1) is 0 Å². The molecule has 0 fully saturated rings. The van der Waals surface area contributed by atoms with Crippen LogP contribution in [0.1, 0.15) is 25.1 Å². The highest BCUT2D eigenvalue weighted by Crippen LogP contribution is 2.29. The maximum Gasteiger partial charge on any atom is 0.165 e. The maximum atomic E-state index is 5.66. The van der Waals surface area contributed by atoms with E-state index in [1.165, 1.54) is 0 Å². The van der Waals surface area contributed by atoms with E-state index in [1.807, 2.05) is 45.2 Å². The molecule has 0 radical (unpaired) electrons. The van der Waals surface area contributed by atoms with Gasteiger partial charge in [0.2, 0.25) is 0 Å². The molecule has 4 nitrogen and oxygen atoms in total. The molecule has 1 aromatic carbocycles. The highest BCUT2D eigenvalue weighted by atomic mass is 16.5. The van der Waals surface area contributed by atoms with E-state index < -0.39 is 0 Å². The Hall–Kier alpha value is -2.10. The molecule has 106 valence electrons. The highest BCUT2D eigenvalue weighted by molar-refractivity contribution is 5.66. The van der Waals surface area contributed by atoms with E-state index in [0.717, 1.165) is 34.8 Å². The minimum atomic E-state index is 0.627. The first-order valence-electron chi connectivity index (χ1n) is 6.98. The van der Waals surface area contributed by atoms with E-state index >= 15 is 0 Å². The van der Waals surface area contributed by atoms with E-state index in [1.54, 1.807) is 0 Å². The summed E-state index contributed by atoms with van der Waals surface area (Å²) in [6, 6.07) is 7.87. The number of rotatable bonds is 5. The van der Waals surface area contributed by atoms with E-state index in [2.05, 4.69) is 22.2 Å². The molecule has 0 atom stereocenters. The van der Waals surface area contributed by atoms with Gasteiger partial charge < -0.3 is 10.1 Å². The lowest BCUT2D eigenvalue weighted by Gasteiger charge is -2.13. The van der Waals surface area contributed by atoms with Crippen molar-refractivity contribution in [1.29, 1.82) is 0 Å². The number of benzene rings is 1. The molecule has 0 aliphatic rings. The molecule has 0 aliphatic carbocycles. The van der Waals surface area contributed by atoms with Crippen LogP contribution in [0.5, 0.6) is 5.75 Å². The van der Waals surface area contributed by atoms with Crippen molar-refractivity contribution in [3.8, 4) is 17.1 Å². The molecule has 1 aromatic heterocycles. The predicted molar refractivity (Wildman–Crippen MR) is 82.3 cm³/mol. The maximum absolute atomic E-state index is 5.66. The summed E-state index contributed by atoms with van der Waals surface area (Å²) in [6.45, 7) is 6.73. The van der Waals surface area contributed by atoms with Crippen molar-refractivity contribution < 1.29 is 4.74 Å². The van der Waals surface area contributed by atoms with Crippen LogP contribution in [-0.2, 0) is 6.42 Å². The van der Waals surface area contributed by atoms with Crippen LogP contribution in [0.2, 0.25) is 0 Å². The number of para-hydroxylation sites is 1. The van der Waals surface area contributed by atoms with Crippen LogP contribution in [0.25, 0.3) is 11.4 Å². The number of hydrogen-bond donors (Lipinski definition) is 1. The van der Waals surface area contributed by atoms with Crippen molar-refractivity contribution in [2.45, 2.75) is 27.2 Å². The monoisotopic (exact) mass is 271 g/mol. The normalized spacial score (nSPS) is 10.4. The van der Waals surface area contributed by atoms with Gasteiger partial charge in [-0.1, -0.05) is 19.1 Å². The average molecular weight is 271 g/mol. The van der Waals surface area contributed by atoms with Gasteiger partial charge in [0.05, 0.1) is 12.2 Å². The third-order valence-electron chi connectivity index (χ3n) is 3.23. The van der Waals surface area contributed by atoms with Gasteiger partial charge in [-0.05, 0) is 32.4 Å². The molecule has 0 aliphatic heterocycles. The van der Waals surface area contributed by atoms with Gasteiger partial charge in [0.25, 0.3) is 0 Å². The van der Waals surface area contributed by atoms with Gasteiger partial charge in [0, 0.05) is 18.3 Å². The van der Waals surface area contributed by atoms with E-state index in [9.17, 15) is 0 Å². The Bertz CT molecular complexity index is 596. The Morgan fingerprint density at radius 2 is 1.90 bits per heavy atom. The average Bonchev–Trinajstić information content (AvgIpc) is 2.47. The van der Waals surface area contributed by atoms with Gasteiger partial charge in [-0.2, -0.15) is 0 Å². The molecule has 0 amide bonds. The molecule has 0 saturated carbocycles. The zero-order valence-electron chi connectivity index (χ0n) is 12.5.